The normalized spacial score (nSPS) is 56.2. The third kappa shape index (κ3) is 1.57. The van der Waals surface area contributed by atoms with Crippen LogP contribution in [0.2, 0.25) is 0 Å². The van der Waals surface area contributed by atoms with Gasteiger partial charge >= 0.3 is 0 Å². The zero-order chi connectivity index (χ0) is 11.4. The van der Waals surface area contributed by atoms with Gasteiger partial charge in [-0.15, -0.1) is 0 Å². The number of halogens is 1. The molecule has 3 aliphatic rings. The zero-order valence-corrected chi connectivity index (χ0v) is 11.2. The van der Waals surface area contributed by atoms with Crippen LogP contribution in [0.15, 0.2) is 12.2 Å². The molecular formula is C12H17IO3. The second-order valence-corrected chi connectivity index (χ2v) is 6.92. The van der Waals surface area contributed by atoms with Crippen molar-refractivity contribution in [2.45, 2.75) is 47.6 Å². The molecule has 2 aliphatic carbocycles. The Morgan fingerprint density at radius 1 is 1.25 bits per heavy atom. The fraction of sp³-hybridized carbons (Fsp3) is 0.833. The monoisotopic (exact) mass is 336 g/mol. The van der Waals surface area contributed by atoms with Crippen LogP contribution in [-0.4, -0.2) is 38.6 Å². The van der Waals surface area contributed by atoms with Gasteiger partial charge in [0.25, 0.3) is 0 Å². The molecule has 0 radical (unpaired) electrons. The van der Waals surface area contributed by atoms with E-state index < -0.39 is 6.10 Å². The molecule has 90 valence electrons. The topological polar surface area (TPSA) is 49.7 Å². The molecular weight excluding hydrogens is 319 g/mol. The lowest BCUT2D eigenvalue weighted by Crippen LogP contribution is -2.59. The second kappa shape index (κ2) is 3.93. The van der Waals surface area contributed by atoms with Crippen LogP contribution in [0.5, 0.6) is 0 Å². The lowest BCUT2D eigenvalue weighted by Gasteiger charge is -2.54. The van der Waals surface area contributed by atoms with E-state index in [1.807, 2.05) is 0 Å². The Kier molecular flexibility index (Phi) is 2.81. The third-order valence-corrected chi connectivity index (χ3v) is 5.56. The Bertz CT molecular complexity index is 319. The van der Waals surface area contributed by atoms with Crippen molar-refractivity contribution in [2.75, 3.05) is 0 Å². The minimum Gasteiger partial charge on any atom is -0.393 e. The van der Waals surface area contributed by atoms with Crippen molar-refractivity contribution in [2.24, 2.45) is 11.8 Å². The summed E-state index contributed by atoms with van der Waals surface area (Å²) in [5.74, 6) is 0.655. The van der Waals surface area contributed by atoms with Gasteiger partial charge < -0.3 is 14.9 Å². The highest BCUT2D eigenvalue weighted by atomic mass is 127. The van der Waals surface area contributed by atoms with Crippen LogP contribution in [0.4, 0.5) is 0 Å². The number of aliphatic hydroxyl groups is 2. The third-order valence-electron chi connectivity index (χ3n) is 4.28. The van der Waals surface area contributed by atoms with Crippen molar-refractivity contribution in [3.8, 4) is 0 Å². The lowest BCUT2D eigenvalue weighted by molar-refractivity contribution is -0.204. The van der Waals surface area contributed by atoms with Crippen molar-refractivity contribution in [3.05, 3.63) is 12.2 Å². The predicted octanol–water partition coefficient (Wildman–Crippen LogP) is 1.27. The van der Waals surface area contributed by atoms with Crippen molar-refractivity contribution in [1.29, 1.82) is 0 Å². The van der Waals surface area contributed by atoms with Crippen LogP contribution in [-0.2, 0) is 4.74 Å². The number of aliphatic hydroxyl groups excluding tert-OH is 2. The van der Waals surface area contributed by atoms with Crippen LogP contribution in [0.3, 0.4) is 0 Å². The molecule has 16 heavy (non-hydrogen) atoms. The Balaban J connectivity index is 1.90. The van der Waals surface area contributed by atoms with Gasteiger partial charge in [0, 0.05) is 22.2 Å². The van der Waals surface area contributed by atoms with Crippen molar-refractivity contribution in [3.63, 3.8) is 0 Å². The predicted molar refractivity (Wildman–Crippen MR) is 68.5 cm³/mol. The molecule has 7 atom stereocenters. The largest absolute Gasteiger partial charge is 0.393 e. The van der Waals surface area contributed by atoms with Gasteiger partial charge in [0.15, 0.2) is 0 Å². The fourth-order valence-corrected chi connectivity index (χ4v) is 5.07. The molecule has 0 spiro atoms. The van der Waals surface area contributed by atoms with E-state index in [1.165, 1.54) is 5.57 Å². The maximum absolute atomic E-state index is 10.2. The van der Waals surface area contributed by atoms with Gasteiger partial charge in [-0.05, 0) is 18.4 Å². The molecule has 0 bridgehead atoms. The fourth-order valence-electron chi connectivity index (χ4n) is 3.55. The molecule has 3 fully saturated rings. The van der Waals surface area contributed by atoms with Gasteiger partial charge in [0.1, 0.15) is 0 Å². The highest BCUT2D eigenvalue weighted by Crippen LogP contribution is 2.52. The van der Waals surface area contributed by atoms with Gasteiger partial charge in [0.2, 0.25) is 0 Å². The van der Waals surface area contributed by atoms with Crippen molar-refractivity contribution in [1.82, 2.24) is 0 Å². The average molecular weight is 336 g/mol. The maximum Gasteiger partial charge on any atom is 0.0843 e. The Hall–Kier alpha value is 0.350. The first-order valence-corrected chi connectivity index (χ1v) is 7.16. The van der Waals surface area contributed by atoms with E-state index in [1.54, 1.807) is 0 Å². The molecule has 3 nitrogen and oxygen atoms in total. The average Bonchev–Trinajstić information content (AvgIpc) is 2.25. The van der Waals surface area contributed by atoms with Crippen LogP contribution in [0.1, 0.15) is 19.3 Å². The minimum absolute atomic E-state index is 0.136. The van der Waals surface area contributed by atoms with Gasteiger partial charge in [-0.1, -0.05) is 29.2 Å². The summed E-state index contributed by atoms with van der Waals surface area (Å²) < 4.78 is 6.23. The zero-order valence-electron chi connectivity index (χ0n) is 9.05. The van der Waals surface area contributed by atoms with E-state index in [-0.39, 0.29) is 24.2 Å². The summed E-state index contributed by atoms with van der Waals surface area (Å²) in [5, 5.41) is 20.0. The maximum atomic E-state index is 10.2. The quantitative estimate of drug-likeness (QED) is 0.398. The van der Waals surface area contributed by atoms with E-state index in [2.05, 4.69) is 29.2 Å². The summed E-state index contributed by atoms with van der Waals surface area (Å²) >= 11 is 2.42. The summed E-state index contributed by atoms with van der Waals surface area (Å²) in [5.41, 5.74) is 1.17. The number of ether oxygens (including phenoxy) is 1. The van der Waals surface area contributed by atoms with E-state index in [9.17, 15) is 10.2 Å². The van der Waals surface area contributed by atoms with E-state index >= 15 is 0 Å². The Morgan fingerprint density at radius 3 is 2.75 bits per heavy atom. The van der Waals surface area contributed by atoms with E-state index in [0.717, 1.165) is 6.42 Å². The molecule has 3 rings (SSSR count). The summed E-state index contributed by atoms with van der Waals surface area (Å²) in [4.78, 5) is 0. The van der Waals surface area contributed by atoms with E-state index in [0.29, 0.717) is 22.7 Å². The van der Waals surface area contributed by atoms with Gasteiger partial charge in [-0.3, -0.25) is 0 Å². The molecule has 0 amide bonds. The SMILES string of the molecule is C=C1C[C@H](I)C2C(O)CC(O)CC3OC1C32. The summed E-state index contributed by atoms with van der Waals surface area (Å²) in [7, 11) is 0. The highest BCUT2D eigenvalue weighted by molar-refractivity contribution is 14.1. The molecule has 1 heterocycles. The van der Waals surface area contributed by atoms with E-state index in [4.69, 9.17) is 4.74 Å². The number of hydrogen-bond donors (Lipinski definition) is 2. The molecule has 2 saturated carbocycles. The standard InChI is InChI=1S/C12H17IO3/c1-5-2-7(13)10-8(15)3-6(14)4-9-11(10)12(5)16-9/h6-12,14-15H,1-4H2/t6?,7-,8?,9?,10?,11?,12?/m0/s1. The Morgan fingerprint density at radius 2 is 2.00 bits per heavy atom. The number of hydrogen-bond acceptors (Lipinski definition) is 3. The first-order valence-electron chi connectivity index (χ1n) is 5.91. The molecule has 0 aromatic rings. The molecule has 6 unspecified atom stereocenters. The highest BCUT2D eigenvalue weighted by Gasteiger charge is 2.56. The molecule has 1 aliphatic heterocycles. The van der Waals surface area contributed by atoms with Crippen LogP contribution in [0.25, 0.3) is 0 Å². The van der Waals surface area contributed by atoms with Crippen LogP contribution in [0, 0.1) is 11.8 Å². The first-order chi connectivity index (χ1) is 7.58. The van der Waals surface area contributed by atoms with Gasteiger partial charge in [-0.2, -0.15) is 0 Å². The molecule has 1 saturated heterocycles. The van der Waals surface area contributed by atoms with Gasteiger partial charge in [-0.25, -0.2) is 0 Å². The first kappa shape index (κ1) is 11.4. The summed E-state index contributed by atoms with van der Waals surface area (Å²) in [6, 6.07) is 0. The van der Waals surface area contributed by atoms with Crippen molar-refractivity contribution >= 4 is 22.6 Å². The van der Waals surface area contributed by atoms with Crippen LogP contribution < -0.4 is 0 Å². The van der Waals surface area contributed by atoms with Crippen molar-refractivity contribution < 1.29 is 14.9 Å². The molecule has 4 heteroatoms. The summed E-state index contributed by atoms with van der Waals surface area (Å²) in [6.07, 6.45) is 1.59. The number of alkyl halides is 1. The summed E-state index contributed by atoms with van der Waals surface area (Å²) in [6.45, 7) is 4.08. The smallest absolute Gasteiger partial charge is 0.0843 e. The minimum atomic E-state index is -0.414. The molecule has 0 aromatic carbocycles. The lowest BCUT2D eigenvalue weighted by atomic mass is 9.67. The molecule has 2 N–H and O–H groups in total. The molecule has 0 aromatic heterocycles. The van der Waals surface area contributed by atoms with Gasteiger partial charge in [0.05, 0.1) is 24.4 Å². The Labute approximate surface area is 109 Å². The number of rotatable bonds is 0. The van der Waals surface area contributed by atoms with Crippen LogP contribution >= 0.6 is 22.6 Å². The second-order valence-electron chi connectivity index (χ2n) is 5.32.